The summed E-state index contributed by atoms with van der Waals surface area (Å²) in [5.74, 6) is -1.23. The summed E-state index contributed by atoms with van der Waals surface area (Å²) in [6.07, 6.45) is 0.722. The minimum atomic E-state index is -1.23. The minimum absolute atomic E-state index is 0.722. The highest BCUT2D eigenvalue weighted by Crippen LogP contribution is 1.64. The van der Waals surface area contributed by atoms with Crippen molar-refractivity contribution in [1.29, 1.82) is 0 Å². The molecule has 0 unspecified atom stereocenters. The lowest BCUT2D eigenvalue weighted by Gasteiger charge is -1.86. The van der Waals surface area contributed by atoms with Gasteiger partial charge in [-0.05, 0) is 19.9 Å². The SMILES string of the molecule is C=CC(=O)[O-].CCOCC. The Morgan fingerprint density at radius 1 is 1.60 bits per heavy atom. The van der Waals surface area contributed by atoms with Gasteiger partial charge in [0.05, 0.1) is 5.97 Å². The predicted molar refractivity (Wildman–Crippen MR) is 37.4 cm³/mol. The van der Waals surface area contributed by atoms with Crippen molar-refractivity contribution >= 4 is 5.97 Å². The first-order chi connectivity index (χ1) is 4.68. The molecule has 0 N–H and O–H groups in total. The van der Waals surface area contributed by atoms with E-state index in [1.165, 1.54) is 0 Å². The van der Waals surface area contributed by atoms with E-state index >= 15 is 0 Å². The van der Waals surface area contributed by atoms with E-state index in [0.29, 0.717) is 0 Å². The Morgan fingerprint density at radius 2 is 1.90 bits per heavy atom. The number of hydrogen-bond acceptors (Lipinski definition) is 3. The quantitative estimate of drug-likeness (QED) is 0.524. The maximum Gasteiger partial charge on any atom is 0.0636 e. The fourth-order valence-electron chi connectivity index (χ4n) is 0.204. The summed E-state index contributed by atoms with van der Waals surface area (Å²) < 4.78 is 4.83. The van der Waals surface area contributed by atoms with Gasteiger partial charge in [0.1, 0.15) is 0 Å². The molecule has 0 aromatic rings. The first-order valence-electron chi connectivity index (χ1n) is 3.10. The monoisotopic (exact) mass is 145 g/mol. The van der Waals surface area contributed by atoms with Crippen molar-refractivity contribution in [3.63, 3.8) is 0 Å². The number of carbonyl (C=O) groups excluding carboxylic acids is 1. The second-order valence-electron chi connectivity index (χ2n) is 1.30. The molecule has 0 aliphatic rings. The van der Waals surface area contributed by atoms with Crippen LogP contribution in [-0.4, -0.2) is 19.2 Å². The highest BCUT2D eigenvalue weighted by Gasteiger charge is 1.64. The molecule has 3 heteroatoms. The van der Waals surface area contributed by atoms with Crippen LogP contribution in [0, 0.1) is 0 Å². The van der Waals surface area contributed by atoms with Crippen molar-refractivity contribution < 1.29 is 14.6 Å². The predicted octanol–water partition coefficient (Wildman–Crippen LogP) is -0.0349. The smallest absolute Gasteiger partial charge is 0.0636 e. The summed E-state index contributed by atoms with van der Waals surface area (Å²) >= 11 is 0. The van der Waals surface area contributed by atoms with Gasteiger partial charge in [-0.3, -0.25) is 0 Å². The fourth-order valence-corrected chi connectivity index (χ4v) is 0.204. The lowest BCUT2D eigenvalue weighted by Crippen LogP contribution is -2.17. The van der Waals surface area contributed by atoms with Crippen molar-refractivity contribution in [2.24, 2.45) is 0 Å². The summed E-state index contributed by atoms with van der Waals surface area (Å²) in [6, 6.07) is 0. The maximum absolute atomic E-state index is 9.14. The van der Waals surface area contributed by atoms with Gasteiger partial charge in [-0.2, -0.15) is 0 Å². The van der Waals surface area contributed by atoms with E-state index in [4.69, 9.17) is 14.6 Å². The summed E-state index contributed by atoms with van der Waals surface area (Å²) in [4.78, 5) is 9.14. The Hall–Kier alpha value is -0.830. The van der Waals surface area contributed by atoms with E-state index in [0.717, 1.165) is 19.3 Å². The number of aliphatic carboxylic acids is 1. The van der Waals surface area contributed by atoms with Gasteiger partial charge in [-0.25, -0.2) is 0 Å². The third kappa shape index (κ3) is 27.2. The van der Waals surface area contributed by atoms with E-state index in [1.807, 2.05) is 13.8 Å². The number of carbonyl (C=O) groups is 1. The molecule has 0 spiro atoms. The molecular weight excluding hydrogens is 132 g/mol. The molecule has 0 atom stereocenters. The second kappa shape index (κ2) is 11.0. The first kappa shape index (κ1) is 11.9. The van der Waals surface area contributed by atoms with Crippen molar-refractivity contribution in [1.82, 2.24) is 0 Å². The molecule has 0 saturated heterocycles. The second-order valence-corrected chi connectivity index (χ2v) is 1.30. The van der Waals surface area contributed by atoms with Crippen LogP contribution in [0.1, 0.15) is 13.8 Å². The topological polar surface area (TPSA) is 49.4 Å². The van der Waals surface area contributed by atoms with Crippen LogP contribution < -0.4 is 5.11 Å². The Labute approximate surface area is 61.3 Å². The van der Waals surface area contributed by atoms with Crippen LogP contribution in [0.4, 0.5) is 0 Å². The van der Waals surface area contributed by atoms with Crippen molar-refractivity contribution in [2.75, 3.05) is 13.2 Å². The zero-order chi connectivity index (χ0) is 8.41. The molecule has 0 bridgehead atoms. The van der Waals surface area contributed by atoms with E-state index in [2.05, 4.69) is 6.58 Å². The van der Waals surface area contributed by atoms with Crippen LogP contribution in [0.15, 0.2) is 12.7 Å². The van der Waals surface area contributed by atoms with Gasteiger partial charge in [-0.15, -0.1) is 0 Å². The molecule has 0 amide bonds. The van der Waals surface area contributed by atoms with Gasteiger partial charge in [0.2, 0.25) is 0 Å². The molecule has 0 heterocycles. The molecule has 0 aliphatic carbocycles. The van der Waals surface area contributed by atoms with Crippen LogP contribution in [0.2, 0.25) is 0 Å². The zero-order valence-corrected chi connectivity index (χ0v) is 6.42. The van der Waals surface area contributed by atoms with Crippen LogP contribution in [-0.2, 0) is 9.53 Å². The molecule has 0 saturated carbocycles. The minimum Gasteiger partial charge on any atom is -0.545 e. The Balaban J connectivity index is 0. The van der Waals surface area contributed by atoms with Crippen LogP contribution in [0.3, 0.4) is 0 Å². The summed E-state index contributed by atoms with van der Waals surface area (Å²) in [5, 5.41) is 9.14. The Morgan fingerprint density at radius 3 is 1.90 bits per heavy atom. The van der Waals surface area contributed by atoms with Crippen LogP contribution in [0.25, 0.3) is 0 Å². The number of carboxylic acids is 1. The summed E-state index contributed by atoms with van der Waals surface area (Å²) in [5.41, 5.74) is 0. The molecule has 60 valence electrons. The largest absolute Gasteiger partial charge is 0.545 e. The number of ether oxygens (including phenoxy) is 1. The van der Waals surface area contributed by atoms with E-state index < -0.39 is 5.97 Å². The molecule has 0 rings (SSSR count). The van der Waals surface area contributed by atoms with Gasteiger partial charge in [0, 0.05) is 13.2 Å². The van der Waals surface area contributed by atoms with E-state index in [9.17, 15) is 0 Å². The van der Waals surface area contributed by atoms with Gasteiger partial charge in [-0.1, -0.05) is 6.58 Å². The average molecular weight is 145 g/mol. The number of rotatable bonds is 3. The van der Waals surface area contributed by atoms with Crippen molar-refractivity contribution in [3.8, 4) is 0 Å². The van der Waals surface area contributed by atoms with Gasteiger partial charge < -0.3 is 14.6 Å². The third-order valence-corrected chi connectivity index (χ3v) is 0.575. The van der Waals surface area contributed by atoms with E-state index in [-0.39, 0.29) is 0 Å². The Bertz CT molecular complexity index is 86.9. The standard InChI is InChI=1S/C4H10O.C3H4O2/c1-3-5-4-2;1-2-3(4)5/h3-4H2,1-2H3;2H,1H2,(H,4,5)/p-1. The van der Waals surface area contributed by atoms with Crippen LogP contribution >= 0.6 is 0 Å². The molecule has 10 heavy (non-hydrogen) atoms. The highest BCUT2D eigenvalue weighted by atomic mass is 16.5. The lowest BCUT2D eigenvalue weighted by atomic mass is 10.7. The number of hydrogen-bond donors (Lipinski definition) is 0. The molecule has 3 nitrogen and oxygen atoms in total. The lowest BCUT2D eigenvalue weighted by molar-refractivity contribution is -0.297. The average Bonchev–Trinajstić information content (AvgIpc) is 1.91. The summed E-state index contributed by atoms with van der Waals surface area (Å²) in [7, 11) is 0. The van der Waals surface area contributed by atoms with Gasteiger partial charge in [0.25, 0.3) is 0 Å². The molecule has 0 fully saturated rings. The molecule has 0 aliphatic heterocycles. The molecular formula is C7H13O3-. The zero-order valence-electron chi connectivity index (χ0n) is 6.42. The molecule has 0 aromatic heterocycles. The fraction of sp³-hybridized carbons (Fsp3) is 0.571. The molecule has 0 aromatic carbocycles. The number of carboxylic acid groups (broad SMARTS) is 1. The first-order valence-corrected chi connectivity index (χ1v) is 3.10. The van der Waals surface area contributed by atoms with Crippen LogP contribution in [0.5, 0.6) is 0 Å². The van der Waals surface area contributed by atoms with Gasteiger partial charge in [0.15, 0.2) is 0 Å². The van der Waals surface area contributed by atoms with Crippen molar-refractivity contribution in [3.05, 3.63) is 12.7 Å². The highest BCUT2D eigenvalue weighted by molar-refractivity contribution is 5.76. The summed E-state index contributed by atoms with van der Waals surface area (Å²) in [6.45, 7) is 8.56. The maximum atomic E-state index is 9.14. The van der Waals surface area contributed by atoms with Crippen molar-refractivity contribution in [2.45, 2.75) is 13.8 Å². The third-order valence-electron chi connectivity index (χ3n) is 0.575. The van der Waals surface area contributed by atoms with Gasteiger partial charge >= 0.3 is 0 Å². The Kier molecular flexibility index (Phi) is 13.1. The molecule has 0 radical (unpaired) electrons. The normalized spacial score (nSPS) is 7.40. The van der Waals surface area contributed by atoms with E-state index in [1.54, 1.807) is 0 Å².